The molecule has 5 amide bonds. The van der Waals surface area contributed by atoms with Gasteiger partial charge in [0.2, 0.25) is 29.5 Å². The van der Waals surface area contributed by atoms with Crippen LogP contribution in [0.1, 0.15) is 58.3 Å². The van der Waals surface area contributed by atoms with Gasteiger partial charge in [-0.3, -0.25) is 38.4 Å². The Morgan fingerprint density at radius 3 is 1.43 bits per heavy atom. The summed E-state index contributed by atoms with van der Waals surface area (Å²) in [4.78, 5) is 98.4. The fourth-order valence-corrected chi connectivity index (χ4v) is 3.71. The summed E-state index contributed by atoms with van der Waals surface area (Å²) in [6, 6.07) is -7.33. The number of carbonyl (C=O) groups excluding carboxylic acids is 5. The van der Waals surface area contributed by atoms with Crippen LogP contribution < -0.4 is 32.3 Å². The minimum absolute atomic E-state index is 0.00740. The first-order chi connectivity index (χ1) is 18.7. The second-order valence-electron chi connectivity index (χ2n) is 9.22. The number of hydrogen-bond acceptors (Lipinski definition) is 9. The van der Waals surface area contributed by atoms with Gasteiger partial charge in [-0.15, -0.1) is 0 Å². The predicted octanol–water partition coefficient (Wildman–Crippen LogP) is -3.22. The van der Waals surface area contributed by atoms with E-state index in [2.05, 4.69) is 26.6 Å². The topological polar surface area (TPSA) is 283 Å². The Bertz CT molecular complexity index is 988. The molecule has 1 saturated heterocycles. The number of hydrogen-bond donors (Lipinski definition) is 9. The first-order valence-corrected chi connectivity index (χ1v) is 12.6. The Morgan fingerprint density at radius 1 is 0.600 bits per heavy atom. The van der Waals surface area contributed by atoms with Crippen molar-refractivity contribution in [3.05, 3.63) is 0 Å². The van der Waals surface area contributed by atoms with Crippen molar-refractivity contribution in [2.24, 2.45) is 5.73 Å². The molecule has 1 fully saturated rings. The van der Waals surface area contributed by atoms with Gasteiger partial charge < -0.3 is 47.6 Å². The van der Waals surface area contributed by atoms with Crippen molar-refractivity contribution in [1.82, 2.24) is 26.6 Å². The van der Waals surface area contributed by atoms with Crippen LogP contribution in [0, 0.1) is 0 Å². The highest BCUT2D eigenvalue weighted by atomic mass is 16.4. The Labute approximate surface area is 229 Å². The van der Waals surface area contributed by atoms with Gasteiger partial charge >= 0.3 is 17.9 Å². The molecular formula is C23H36N6O11. The molecule has 224 valence electrons. The van der Waals surface area contributed by atoms with E-state index in [1.807, 2.05) is 0 Å². The van der Waals surface area contributed by atoms with E-state index in [9.17, 15) is 43.5 Å². The highest BCUT2D eigenvalue weighted by molar-refractivity contribution is 5.98. The summed E-state index contributed by atoms with van der Waals surface area (Å²) in [5.74, 6) is -8.90. The summed E-state index contributed by atoms with van der Waals surface area (Å²) in [7, 11) is 0. The van der Waals surface area contributed by atoms with Gasteiger partial charge in [0.25, 0.3) is 0 Å². The molecule has 1 aliphatic rings. The van der Waals surface area contributed by atoms with E-state index < -0.39 is 110 Å². The molecule has 1 rings (SSSR count). The van der Waals surface area contributed by atoms with Crippen LogP contribution in [0.3, 0.4) is 0 Å². The van der Waals surface area contributed by atoms with Crippen molar-refractivity contribution in [1.29, 1.82) is 0 Å². The van der Waals surface area contributed by atoms with Crippen LogP contribution in [0.25, 0.3) is 0 Å². The smallest absolute Gasteiger partial charge is 0.305 e. The molecule has 0 radical (unpaired) electrons. The molecule has 17 nitrogen and oxygen atoms in total. The van der Waals surface area contributed by atoms with Crippen molar-refractivity contribution in [2.45, 2.75) is 88.5 Å². The van der Waals surface area contributed by atoms with E-state index in [0.717, 1.165) is 0 Å². The van der Waals surface area contributed by atoms with Gasteiger partial charge in [0.15, 0.2) is 0 Å². The average molecular weight is 573 g/mol. The third-order valence-electron chi connectivity index (χ3n) is 5.90. The molecular weight excluding hydrogens is 536 g/mol. The Hall–Kier alpha value is -4.28. The lowest BCUT2D eigenvalue weighted by atomic mass is 10.0. The molecule has 5 atom stereocenters. The number of carboxylic acid groups (broad SMARTS) is 3. The molecule has 0 aromatic rings. The maximum absolute atomic E-state index is 13.1. The SMILES string of the molecule is C[C@@H]1NC(=O)[C@H](CC(=O)O)NC(=O)[C@H](CCCCN)NC(=O)[C@H](CCC(=O)O)NC(=O)[C@H](CCC(=O)O)NC1=O. The number of nitrogens with one attached hydrogen (secondary N) is 5. The number of carboxylic acids is 3. The predicted molar refractivity (Wildman–Crippen MR) is 134 cm³/mol. The van der Waals surface area contributed by atoms with Crippen molar-refractivity contribution in [3.63, 3.8) is 0 Å². The van der Waals surface area contributed by atoms with Gasteiger partial charge in [-0.05, 0) is 45.6 Å². The molecule has 17 heteroatoms. The second-order valence-corrected chi connectivity index (χ2v) is 9.22. The molecule has 0 spiro atoms. The van der Waals surface area contributed by atoms with Crippen LogP contribution in [0.15, 0.2) is 0 Å². The van der Waals surface area contributed by atoms with E-state index in [0.29, 0.717) is 12.8 Å². The van der Waals surface area contributed by atoms with Crippen molar-refractivity contribution >= 4 is 47.4 Å². The molecule has 1 heterocycles. The third-order valence-corrected chi connectivity index (χ3v) is 5.90. The van der Waals surface area contributed by atoms with Crippen LogP contribution >= 0.6 is 0 Å². The highest BCUT2D eigenvalue weighted by Crippen LogP contribution is 2.08. The van der Waals surface area contributed by atoms with Gasteiger partial charge in [0.1, 0.15) is 30.2 Å². The maximum atomic E-state index is 13.1. The van der Waals surface area contributed by atoms with Gasteiger partial charge in [-0.2, -0.15) is 0 Å². The van der Waals surface area contributed by atoms with Crippen LogP contribution in [-0.2, 0) is 38.4 Å². The van der Waals surface area contributed by atoms with E-state index in [4.69, 9.17) is 15.9 Å². The maximum Gasteiger partial charge on any atom is 0.305 e. The Balaban J connectivity index is 3.49. The van der Waals surface area contributed by atoms with Crippen LogP contribution in [0.4, 0.5) is 0 Å². The zero-order valence-electron chi connectivity index (χ0n) is 21.9. The fourth-order valence-electron chi connectivity index (χ4n) is 3.71. The summed E-state index contributed by atoms with van der Waals surface area (Å²) in [5, 5.41) is 38.9. The number of rotatable bonds is 12. The summed E-state index contributed by atoms with van der Waals surface area (Å²) in [6.07, 6.45) is -2.02. The molecule has 10 N–H and O–H groups in total. The lowest BCUT2D eigenvalue weighted by molar-refractivity contribution is -0.141. The first kappa shape index (κ1) is 33.7. The third kappa shape index (κ3) is 12.1. The molecule has 0 aromatic carbocycles. The van der Waals surface area contributed by atoms with Gasteiger partial charge in [0, 0.05) is 12.8 Å². The zero-order chi connectivity index (χ0) is 30.4. The Kier molecular flexibility index (Phi) is 14.0. The van der Waals surface area contributed by atoms with Crippen molar-refractivity contribution in [2.75, 3.05) is 6.54 Å². The van der Waals surface area contributed by atoms with Crippen molar-refractivity contribution in [3.8, 4) is 0 Å². The van der Waals surface area contributed by atoms with Crippen LogP contribution in [-0.4, -0.2) is 99.5 Å². The average Bonchev–Trinajstić information content (AvgIpc) is 2.86. The monoisotopic (exact) mass is 572 g/mol. The van der Waals surface area contributed by atoms with Gasteiger partial charge in [-0.25, -0.2) is 0 Å². The minimum atomic E-state index is -1.65. The fraction of sp³-hybridized carbons (Fsp3) is 0.652. The molecule has 0 saturated carbocycles. The molecule has 0 aliphatic carbocycles. The van der Waals surface area contributed by atoms with Crippen LogP contribution in [0.5, 0.6) is 0 Å². The lowest BCUT2D eigenvalue weighted by Gasteiger charge is -2.25. The highest BCUT2D eigenvalue weighted by Gasteiger charge is 2.34. The molecule has 0 bridgehead atoms. The summed E-state index contributed by atoms with van der Waals surface area (Å²) >= 11 is 0. The van der Waals surface area contributed by atoms with Crippen molar-refractivity contribution < 1.29 is 53.7 Å². The summed E-state index contributed by atoms with van der Waals surface area (Å²) in [5.41, 5.74) is 5.49. The zero-order valence-corrected chi connectivity index (χ0v) is 21.9. The largest absolute Gasteiger partial charge is 0.481 e. The quantitative estimate of drug-likeness (QED) is 0.104. The molecule has 40 heavy (non-hydrogen) atoms. The van der Waals surface area contributed by atoms with Crippen LogP contribution in [0.2, 0.25) is 0 Å². The number of carbonyl (C=O) groups is 8. The normalized spacial score (nSPS) is 24.8. The summed E-state index contributed by atoms with van der Waals surface area (Å²) in [6.45, 7) is 1.48. The molecule has 0 unspecified atom stereocenters. The lowest BCUT2D eigenvalue weighted by Crippen LogP contribution is -2.57. The van der Waals surface area contributed by atoms with Gasteiger partial charge in [0.05, 0.1) is 6.42 Å². The van der Waals surface area contributed by atoms with E-state index in [1.165, 1.54) is 6.92 Å². The molecule has 0 aromatic heterocycles. The van der Waals surface area contributed by atoms with E-state index in [-0.39, 0.29) is 13.0 Å². The minimum Gasteiger partial charge on any atom is -0.481 e. The molecule has 1 aliphatic heterocycles. The first-order valence-electron chi connectivity index (χ1n) is 12.6. The van der Waals surface area contributed by atoms with E-state index in [1.54, 1.807) is 0 Å². The number of unbranched alkanes of at least 4 members (excludes halogenated alkanes) is 1. The Morgan fingerprint density at radius 2 is 1.00 bits per heavy atom. The summed E-state index contributed by atoms with van der Waals surface area (Å²) < 4.78 is 0. The number of nitrogens with two attached hydrogens (primary N) is 1. The standard InChI is InChI=1S/C23H36N6O11/c1-11-19(36)26-13(5-7-16(30)31)21(38)28-14(6-8-17(32)33)22(39)27-12(4-2-3-9-24)20(37)29-15(10-18(34)35)23(40)25-11/h11-15H,2-10,24H2,1H3,(H,25,40)(H,26,36)(H,27,39)(H,28,38)(H,29,37)(H,30,31)(H,32,33)(H,34,35)/t11-,12-,13-,14-,15-/m0/s1. The van der Waals surface area contributed by atoms with Gasteiger partial charge in [-0.1, -0.05) is 0 Å². The number of aliphatic carboxylic acids is 3. The second kappa shape index (κ2) is 16.6. The number of amides is 5. The van der Waals surface area contributed by atoms with E-state index >= 15 is 0 Å².